The molecule has 0 radical (unpaired) electrons. The van der Waals surface area contributed by atoms with Crippen LogP contribution in [-0.4, -0.2) is 48.6 Å². The van der Waals surface area contributed by atoms with E-state index in [1.54, 1.807) is 42.5 Å². The Morgan fingerprint density at radius 1 is 0.387 bits per heavy atom. The molecule has 0 bridgehead atoms. The number of hydrogen-bond acceptors (Lipinski definition) is 13. The number of benzene rings is 6. The Morgan fingerprint density at radius 2 is 0.755 bits per heavy atom. The highest BCUT2D eigenvalue weighted by molar-refractivity contribution is 5.95. The van der Waals surface area contributed by atoms with E-state index in [9.17, 15) is 46.3 Å². The quantitative estimate of drug-likeness (QED) is 0.0133. The van der Waals surface area contributed by atoms with Crippen LogP contribution in [0.4, 0.5) is 17.6 Å². The van der Waals surface area contributed by atoms with Crippen molar-refractivity contribution >= 4 is 35.8 Å². The van der Waals surface area contributed by atoms with Crippen molar-refractivity contribution < 1.29 is 79.5 Å². The first-order chi connectivity index (χ1) is 51.1. The maximum atomic E-state index is 13.7. The van der Waals surface area contributed by atoms with E-state index >= 15 is 0 Å². The fourth-order valence-electron chi connectivity index (χ4n) is 15.5. The number of rotatable bonds is 31. The van der Waals surface area contributed by atoms with Crippen molar-refractivity contribution in [2.45, 2.75) is 220 Å². The van der Waals surface area contributed by atoms with E-state index < -0.39 is 53.0 Å². The molecule has 0 saturated heterocycles. The number of hydrogen-bond donors (Lipinski definition) is 0. The minimum atomic E-state index is -5.08. The van der Waals surface area contributed by atoms with Crippen molar-refractivity contribution in [3.63, 3.8) is 0 Å². The molecule has 0 aromatic heterocycles. The largest absolute Gasteiger partial charge is 0.494 e. The minimum Gasteiger partial charge on any atom is -0.494 e. The Balaban J connectivity index is 0.000000247. The zero-order valence-corrected chi connectivity index (χ0v) is 62.3. The first-order valence-corrected chi connectivity index (χ1v) is 38.9. The molecule has 4 saturated carbocycles. The van der Waals surface area contributed by atoms with Crippen LogP contribution < -0.4 is 33.2 Å². The molecule has 4 fully saturated rings. The van der Waals surface area contributed by atoms with Crippen molar-refractivity contribution in [1.82, 2.24) is 0 Å². The van der Waals surface area contributed by atoms with E-state index in [4.69, 9.17) is 33.2 Å². The number of carbonyl (C=O) groups is 6. The lowest BCUT2D eigenvalue weighted by Gasteiger charge is -2.37. The molecule has 0 N–H and O–H groups in total. The van der Waals surface area contributed by atoms with E-state index in [-0.39, 0.29) is 57.9 Å². The lowest BCUT2D eigenvalue weighted by atomic mass is 9.68. The first kappa shape index (κ1) is 81.2. The summed E-state index contributed by atoms with van der Waals surface area (Å²) < 4.78 is 91.5. The van der Waals surface area contributed by atoms with Crippen LogP contribution in [0.15, 0.2) is 158 Å². The molecular formula is C89H106F4O13. The molecule has 17 heteroatoms. The maximum Gasteiger partial charge on any atom is 0.422 e. The van der Waals surface area contributed by atoms with E-state index in [1.165, 1.54) is 159 Å². The standard InChI is InChI=1S/C49H75FO6.C40H31F3O7/c1-4-6-8-10-12-14-36-16-20-38(21-17-36)40-24-28-42(29-25-40)48(52)54-44-32-33-45(46(34-44)56-47(51)35(3)50)55-49(53)43-30-26-41(27-31-43)39-22-18-37(19-23-39)15-13-11-9-7-5-2;1-4-23-47-33-19-17-30(18-20-33)29-11-15-32(16-12-29)39(46)49-35-22-21-34(24-36(35)50-37(44)26(3)40(41,42)43)48-38(45)31-13-9-28(10-14-31)27-7-5-25(2)6-8-27/h32-34,36-43H,3-31H2,1-2H3;5-22,24H,3-4,23H2,1-2H3. The average molecular weight is 1460 g/mol. The normalized spacial score (nSPS) is 20.1. The second-order valence-corrected chi connectivity index (χ2v) is 29.6. The SMILES string of the molecule is C=C(C(=O)Oc1cc(OC(=O)c2ccc(-c3ccc(C)cc3)cc2)ccc1OC(=O)c1ccc(-c2ccc(OCCC)cc2)cc1)C(F)(F)F.C=C(F)C(=O)Oc1cc(OC(=O)C2CCC(C3CCC(CCCCCCC)CC3)CC2)ccc1OC(=O)C1CCC(C2CCC(CCCCCCC)CC2)CC1. The van der Waals surface area contributed by atoms with Gasteiger partial charge in [-0.05, 0) is 209 Å². The Bertz CT molecular complexity index is 3850. The molecular weight excluding hydrogens is 1350 g/mol. The van der Waals surface area contributed by atoms with Gasteiger partial charge in [-0.25, -0.2) is 19.2 Å². The Labute approximate surface area is 623 Å². The molecule has 106 heavy (non-hydrogen) atoms. The molecule has 0 aliphatic heterocycles. The third-order valence-corrected chi connectivity index (χ3v) is 21.9. The number of esters is 6. The molecule has 568 valence electrons. The minimum absolute atomic E-state index is 0.00580. The summed E-state index contributed by atoms with van der Waals surface area (Å²) in [5.41, 5.74) is 3.11. The van der Waals surface area contributed by atoms with Gasteiger partial charge in [0.1, 0.15) is 22.8 Å². The van der Waals surface area contributed by atoms with Crippen LogP contribution in [0.3, 0.4) is 0 Å². The number of halogens is 4. The predicted molar refractivity (Wildman–Crippen MR) is 404 cm³/mol. The van der Waals surface area contributed by atoms with Gasteiger partial charge < -0.3 is 33.2 Å². The third-order valence-electron chi connectivity index (χ3n) is 21.9. The van der Waals surface area contributed by atoms with Gasteiger partial charge in [0.05, 0.1) is 29.6 Å². The predicted octanol–water partition coefficient (Wildman–Crippen LogP) is 23.4. The fourth-order valence-corrected chi connectivity index (χ4v) is 15.5. The molecule has 4 aliphatic carbocycles. The Kier molecular flexibility index (Phi) is 31.2. The zero-order chi connectivity index (χ0) is 75.5. The van der Waals surface area contributed by atoms with Crippen molar-refractivity contribution in [1.29, 1.82) is 0 Å². The van der Waals surface area contributed by atoms with Crippen LogP contribution in [0.2, 0.25) is 0 Å². The van der Waals surface area contributed by atoms with Gasteiger partial charge in [-0.1, -0.05) is 203 Å². The summed E-state index contributed by atoms with van der Waals surface area (Å²) in [5, 5.41) is 0. The van der Waals surface area contributed by atoms with Gasteiger partial charge in [-0.15, -0.1) is 0 Å². The molecule has 0 heterocycles. The van der Waals surface area contributed by atoms with Crippen LogP contribution in [-0.2, 0) is 19.2 Å². The molecule has 0 atom stereocenters. The topological polar surface area (TPSA) is 167 Å². The lowest BCUT2D eigenvalue weighted by Crippen LogP contribution is -2.30. The van der Waals surface area contributed by atoms with E-state index in [0.717, 1.165) is 127 Å². The Morgan fingerprint density at radius 3 is 1.18 bits per heavy atom. The van der Waals surface area contributed by atoms with Crippen LogP contribution in [0, 0.1) is 54.3 Å². The van der Waals surface area contributed by atoms with E-state index in [2.05, 4.69) is 27.0 Å². The summed E-state index contributed by atoms with van der Waals surface area (Å²) in [7, 11) is 0. The second kappa shape index (κ2) is 40.7. The van der Waals surface area contributed by atoms with Crippen molar-refractivity contribution in [2.75, 3.05) is 6.61 Å². The van der Waals surface area contributed by atoms with Gasteiger partial charge in [0.25, 0.3) is 0 Å². The second-order valence-electron chi connectivity index (χ2n) is 29.6. The highest BCUT2D eigenvalue weighted by atomic mass is 19.4. The van der Waals surface area contributed by atoms with Gasteiger partial charge >= 0.3 is 42.0 Å². The van der Waals surface area contributed by atoms with Crippen LogP contribution >= 0.6 is 0 Å². The molecule has 4 aliphatic rings. The highest BCUT2D eigenvalue weighted by Crippen LogP contribution is 2.46. The molecule has 0 unspecified atom stereocenters. The zero-order valence-electron chi connectivity index (χ0n) is 62.3. The maximum absolute atomic E-state index is 13.7. The molecule has 6 aromatic carbocycles. The van der Waals surface area contributed by atoms with Gasteiger partial charge in [0.2, 0.25) is 5.83 Å². The van der Waals surface area contributed by atoms with Gasteiger partial charge in [0.15, 0.2) is 23.0 Å². The van der Waals surface area contributed by atoms with Gasteiger partial charge in [-0.3, -0.25) is 9.59 Å². The van der Waals surface area contributed by atoms with Crippen LogP contribution in [0.5, 0.6) is 40.2 Å². The molecule has 6 aromatic rings. The lowest BCUT2D eigenvalue weighted by molar-refractivity contribution is -0.143. The molecule has 0 amide bonds. The van der Waals surface area contributed by atoms with E-state index in [0.29, 0.717) is 18.4 Å². The monoisotopic (exact) mass is 1460 g/mol. The van der Waals surface area contributed by atoms with Gasteiger partial charge in [0, 0.05) is 12.1 Å². The number of unbranched alkanes of at least 4 members (excludes halogenated alkanes) is 8. The molecule has 0 spiro atoms. The fraction of sp³-hybridized carbons (Fsp3) is 0.483. The Hall–Kier alpha value is -8.86. The number of ether oxygens (including phenoxy) is 7. The summed E-state index contributed by atoms with van der Waals surface area (Å²) in [4.78, 5) is 77.3. The smallest absolute Gasteiger partial charge is 0.422 e. The van der Waals surface area contributed by atoms with Crippen molar-refractivity contribution in [3.8, 4) is 62.5 Å². The average Bonchev–Trinajstić information content (AvgIpc) is 0.825. The van der Waals surface area contributed by atoms with Crippen LogP contribution in [0.1, 0.15) is 233 Å². The molecule has 13 nitrogen and oxygen atoms in total. The third kappa shape index (κ3) is 24.6. The number of aryl methyl sites for hydroxylation is 1. The highest BCUT2D eigenvalue weighted by Gasteiger charge is 2.40. The summed E-state index contributed by atoms with van der Waals surface area (Å²) >= 11 is 0. The summed E-state index contributed by atoms with van der Waals surface area (Å²) in [6, 6.07) is 36.0. The van der Waals surface area contributed by atoms with Crippen molar-refractivity contribution in [3.05, 3.63) is 175 Å². The van der Waals surface area contributed by atoms with Crippen LogP contribution in [0.25, 0.3) is 22.3 Å². The number of carbonyl (C=O) groups excluding carboxylic acids is 6. The molecule has 10 rings (SSSR count). The summed E-state index contributed by atoms with van der Waals surface area (Å²) in [5.74, 6) is -2.93. The number of alkyl halides is 3. The van der Waals surface area contributed by atoms with Gasteiger partial charge in [-0.2, -0.15) is 17.6 Å². The van der Waals surface area contributed by atoms with Crippen molar-refractivity contribution in [2.24, 2.45) is 47.3 Å². The summed E-state index contributed by atoms with van der Waals surface area (Å²) in [6.45, 7) is 14.9. The summed E-state index contributed by atoms with van der Waals surface area (Å²) in [6.07, 6.45) is 30.1. The first-order valence-electron chi connectivity index (χ1n) is 38.9. The van der Waals surface area contributed by atoms with E-state index in [1.807, 2.05) is 62.4 Å².